The zero-order valence-corrected chi connectivity index (χ0v) is 20.0. The number of halogens is 2. The molecule has 0 spiro atoms. The summed E-state index contributed by atoms with van der Waals surface area (Å²) in [5.74, 6) is -1.51. The number of carboxylic acids is 1. The van der Waals surface area contributed by atoms with Gasteiger partial charge in [-0.05, 0) is 41.0 Å². The summed E-state index contributed by atoms with van der Waals surface area (Å²) < 4.78 is 33.1. The number of nitrogens with zero attached hydrogens (tertiary/aromatic N) is 2. The Morgan fingerprint density at radius 2 is 1.42 bits per heavy atom. The number of hydrogen-bond donors (Lipinski definition) is 1. The summed E-state index contributed by atoms with van der Waals surface area (Å²) in [6.07, 6.45) is 3.16. The van der Waals surface area contributed by atoms with Crippen LogP contribution in [-0.2, 0) is 9.53 Å². The van der Waals surface area contributed by atoms with Gasteiger partial charge in [0.2, 0.25) is 0 Å². The van der Waals surface area contributed by atoms with Crippen LogP contribution in [0.15, 0.2) is 84.9 Å². The third-order valence-corrected chi connectivity index (χ3v) is 6.36. The molecule has 5 nitrogen and oxygen atoms in total. The standard InChI is InChI=1S/C29H30F2N2O3/c30-25-11-7-23(8-12-25)28(24-9-13-26(31)14-10-24)36-21-20-32-16-18-33(19-17-32)27(29(34)35)15-6-22-4-2-1-3-5-22/h1-15,27-28H,16-21H2,(H,34,35). The lowest BCUT2D eigenvalue weighted by atomic mass is 10.0. The van der Waals surface area contributed by atoms with Crippen molar-refractivity contribution in [1.29, 1.82) is 0 Å². The van der Waals surface area contributed by atoms with E-state index in [1.165, 1.54) is 24.3 Å². The molecule has 36 heavy (non-hydrogen) atoms. The fraction of sp³-hybridized carbons (Fsp3) is 0.276. The number of ether oxygens (including phenoxy) is 1. The highest BCUT2D eigenvalue weighted by Crippen LogP contribution is 2.26. The predicted molar refractivity (Wildman–Crippen MR) is 136 cm³/mol. The van der Waals surface area contributed by atoms with Crippen LogP contribution < -0.4 is 0 Å². The molecule has 1 aliphatic rings. The molecule has 1 heterocycles. The van der Waals surface area contributed by atoms with E-state index in [0.29, 0.717) is 26.2 Å². The molecule has 1 fully saturated rings. The zero-order valence-electron chi connectivity index (χ0n) is 20.0. The summed E-state index contributed by atoms with van der Waals surface area (Å²) in [5, 5.41) is 9.75. The van der Waals surface area contributed by atoms with Crippen molar-refractivity contribution in [3.05, 3.63) is 113 Å². The van der Waals surface area contributed by atoms with E-state index in [4.69, 9.17) is 4.74 Å². The van der Waals surface area contributed by atoms with Crippen molar-refractivity contribution in [3.63, 3.8) is 0 Å². The van der Waals surface area contributed by atoms with Gasteiger partial charge in [0.1, 0.15) is 23.8 Å². The van der Waals surface area contributed by atoms with Crippen LogP contribution in [0.25, 0.3) is 6.08 Å². The van der Waals surface area contributed by atoms with Gasteiger partial charge in [-0.1, -0.05) is 66.7 Å². The van der Waals surface area contributed by atoms with Crippen LogP contribution in [0.5, 0.6) is 0 Å². The molecular formula is C29H30F2N2O3. The molecule has 3 aromatic rings. The molecule has 1 atom stereocenters. The smallest absolute Gasteiger partial charge is 0.324 e. The minimum Gasteiger partial charge on any atom is -0.480 e. The summed E-state index contributed by atoms with van der Waals surface area (Å²) in [6.45, 7) is 3.82. The Hall–Kier alpha value is -3.39. The van der Waals surface area contributed by atoms with Crippen molar-refractivity contribution in [3.8, 4) is 0 Å². The summed E-state index contributed by atoms with van der Waals surface area (Å²) in [6, 6.07) is 21.2. The Morgan fingerprint density at radius 3 is 1.94 bits per heavy atom. The van der Waals surface area contributed by atoms with Gasteiger partial charge in [0.25, 0.3) is 0 Å². The molecule has 188 valence electrons. The average molecular weight is 493 g/mol. The molecule has 0 aromatic heterocycles. The quantitative estimate of drug-likeness (QED) is 0.438. The van der Waals surface area contributed by atoms with Crippen molar-refractivity contribution in [2.45, 2.75) is 12.1 Å². The van der Waals surface area contributed by atoms with Crippen LogP contribution in [-0.4, -0.2) is 66.2 Å². The Kier molecular flexibility index (Phi) is 8.95. The van der Waals surface area contributed by atoms with Gasteiger partial charge in [0, 0.05) is 32.7 Å². The molecule has 1 saturated heterocycles. The number of hydrogen-bond acceptors (Lipinski definition) is 4. The van der Waals surface area contributed by atoms with Gasteiger partial charge in [-0.2, -0.15) is 0 Å². The molecule has 0 aliphatic carbocycles. The van der Waals surface area contributed by atoms with Gasteiger partial charge in [0.15, 0.2) is 0 Å². The van der Waals surface area contributed by atoms with E-state index < -0.39 is 18.1 Å². The minimum atomic E-state index is -0.861. The first-order valence-corrected chi connectivity index (χ1v) is 12.0. The van der Waals surface area contributed by atoms with E-state index in [1.54, 1.807) is 30.3 Å². The first kappa shape index (κ1) is 25.7. The second-order valence-corrected chi connectivity index (χ2v) is 8.78. The second kappa shape index (κ2) is 12.5. The molecule has 3 aromatic carbocycles. The van der Waals surface area contributed by atoms with Crippen LogP contribution in [0.4, 0.5) is 8.78 Å². The molecule has 4 rings (SSSR count). The maximum atomic E-state index is 13.4. The van der Waals surface area contributed by atoms with E-state index in [2.05, 4.69) is 4.90 Å². The number of piperazine rings is 1. The van der Waals surface area contributed by atoms with E-state index in [-0.39, 0.29) is 11.6 Å². The maximum absolute atomic E-state index is 13.4. The molecule has 7 heteroatoms. The van der Waals surface area contributed by atoms with Crippen LogP contribution in [0.2, 0.25) is 0 Å². The first-order valence-electron chi connectivity index (χ1n) is 12.0. The van der Waals surface area contributed by atoms with E-state index in [9.17, 15) is 18.7 Å². The minimum absolute atomic E-state index is 0.326. The second-order valence-electron chi connectivity index (χ2n) is 8.78. The predicted octanol–water partition coefficient (Wildman–Crippen LogP) is 4.86. The normalized spacial score (nSPS) is 16.0. The fourth-order valence-electron chi connectivity index (χ4n) is 4.35. The molecule has 0 bridgehead atoms. The van der Waals surface area contributed by atoms with Crippen LogP contribution in [0.3, 0.4) is 0 Å². The largest absolute Gasteiger partial charge is 0.480 e. The van der Waals surface area contributed by atoms with Crippen LogP contribution in [0.1, 0.15) is 22.8 Å². The van der Waals surface area contributed by atoms with Gasteiger partial charge in [0.05, 0.1) is 6.61 Å². The Balaban J connectivity index is 1.31. The van der Waals surface area contributed by atoms with Gasteiger partial charge in [-0.3, -0.25) is 14.6 Å². The summed E-state index contributed by atoms with van der Waals surface area (Å²) in [5.41, 5.74) is 2.56. The monoisotopic (exact) mass is 492 g/mol. The highest BCUT2D eigenvalue weighted by Gasteiger charge is 2.27. The number of rotatable bonds is 10. The first-order chi connectivity index (χ1) is 17.5. The van der Waals surface area contributed by atoms with Crippen molar-refractivity contribution in [2.75, 3.05) is 39.3 Å². The molecule has 1 aliphatic heterocycles. The van der Waals surface area contributed by atoms with Gasteiger partial charge < -0.3 is 9.84 Å². The summed E-state index contributed by atoms with van der Waals surface area (Å²) in [7, 11) is 0. The number of carboxylic acid groups (broad SMARTS) is 1. The van der Waals surface area contributed by atoms with E-state index in [0.717, 1.165) is 29.8 Å². The number of carbonyl (C=O) groups is 1. The maximum Gasteiger partial charge on any atom is 0.324 e. The average Bonchev–Trinajstić information content (AvgIpc) is 2.89. The fourth-order valence-corrected chi connectivity index (χ4v) is 4.35. The lowest BCUT2D eigenvalue weighted by Gasteiger charge is -2.37. The van der Waals surface area contributed by atoms with Gasteiger partial charge >= 0.3 is 5.97 Å². The highest BCUT2D eigenvalue weighted by atomic mass is 19.1. The summed E-state index contributed by atoms with van der Waals surface area (Å²) >= 11 is 0. The number of aliphatic carboxylic acids is 1. The molecular weight excluding hydrogens is 462 g/mol. The molecule has 0 amide bonds. The van der Waals surface area contributed by atoms with Crippen LogP contribution >= 0.6 is 0 Å². The highest BCUT2D eigenvalue weighted by molar-refractivity contribution is 5.77. The third-order valence-electron chi connectivity index (χ3n) is 6.36. The lowest BCUT2D eigenvalue weighted by molar-refractivity contribution is -0.142. The molecule has 1 unspecified atom stereocenters. The SMILES string of the molecule is O=C(O)C(C=Cc1ccccc1)N1CCN(CCOC(c2ccc(F)cc2)c2ccc(F)cc2)CC1. The van der Waals surface area contributed by atoms with Crippen molar-refractivity contribution < 1.29 is 23.4 Å². The van der Waals surface area contributed by atoms with Gasteiger partial charge in [-0.25, -0.2) is 8.78 Å². The Bertz CT molecular complexity index is 1080. The van der Waals surface area contributed by atoms with Crippen molar-refractivity contribution in [2.24, 2.45) is 0 Å². The molecule has 0 radical (unpaired) electrons. The zero-order chi connectivity index (χ0) is 25.3. The molecule has 0 saturated carbocycles. The molecule has 1 N–H and O–H groups in total. The topological polar surface area (TPSA) is 53.0 Å². The van der Waals surface area contributed by atoms with Crippen LogP contribution in [0, 0.1) is 11.6 Å². The van der Waals surface area contributed by atoms with Gasteiger partial charge in [-0.15, -0.1) is 0 Å². The Labute approximate surface area is 210 Å². The third kappa shape index (κ3) is 7.07. The van der Waals surface area contributed by atoms with E-state index >= 15 is 0 Å². The lowest BCUT2D eigenvalue weighted by Crippen LogP contribution is -2.52. The van der Waals surface area contributed by atoms with Crippen molar-refractivity contribution >= 4 is 12.0 Å². The summed E-state index contributed by atoms with van der Waals surface area (Å²) in [4.78, 5) is 16.1. The van der Waals surface area contributed by atoms with E-state index in [1.807, 2.05) is 41.3 Å². The van der Waals surface area contributed by atoms with Crippen molar-refractivity contribution in [1.82, 2.24) is 9.80 Å². The Morgan fingerprint density at radius 1 is 0.861 bits per heavy atom. The number of benzene rings is 3.